The summed E-state index contributed by atoms with van der Waals surface area (Å²) in [6.07, 6.45) is 34.9. The molecule has 0 heterocycles. The fraction of sp³-hybridized carbons (Fsp3) is 0.708. The van der Waals surface area contributed by atoms with E-state index in [4.69, 9.17) is 9.98 Å². The Hall–Kier alpha value is -2.22. The topological polar surface area (TPSA) is 24.7 Å². The molecular weight excluding hydrogens is 605 g/mol. The molecule has 2 nitrogen and oxygen atoms in total. The molecule has 0 saturated heterocycles. The lowest BCUT2D eigenvalue weighted by atomic mass is 9.98. The molecule has 0 spiro atoms. The monoisotopic (exact) mass is 685 g/mol. The molecule has 0 aliphatic heterocycles. The number of unbranched alkanes of at least 4 members (excludes halogenated alkanes) is 16. The maximum Gasteiger partial charge on any atom is 0.0639 e. The Kier molecular flexibility index (Phi) is 25.8. The van der Waals surface area contributed by atoms with Crippen molar-refractivity contribution in [3.8, 4) is 0 Å². The first kappa shape index (κ1) is 43.9. The maximum atomic E-state index is 5.62. The van der Waals surface area contributed by atoms with Gasteiger partial charge < -0.3 is 0 Å². The van der Waals surface area contributed by atoms with Gasteiger partial charge in [-0.15, -0.1) is 0 Å². The summed E-state index contributed by atoms with van der Waals surface area (Å²) >= 11 is 0. The average Bonchev–Trinajstić information content (AvgIpc) is 3.11. The minimum absolute atomic E-state index is 1.03. The van der Waals surface area contributed by atoms with Crippen molar-refractivity contribution in [1.82, 2.24) is 0 Å². The highest BCUT2D eigenvalue weighted by Crippen LogP contribution is 2.26. The largest absolute Gasteiger partial charge is 0.252 e. The van der Waals surface area contributed by atoms with Crippen LogP contribution in [-0.2, 0) is 25.7 Å². The van der Waals surface area contributed by atoms with Crippen molar-refractivity contribution in [2.24, 2.45) is 9.98 Å². The predicted molar refractivity (Wildman–Crippen MR) is 227 cm³/mol. The molecule has 0 atom stereocenters. The van der Waals surface area contributed by atoms with E-state index >= 15 is 0 Å². The summed E-state index contributed by atoms with van der Waals surface area (Å²) in [5, 5.41) is 0. The molecule has 2 aromatic carbocycles. The van der Waals surface area contributed by atoms with E-state index in [-0.39, 0.29) is 0 Å². The Morgan fingerprint density at radius 2 is 0.580 bits per heavy atom. The molecule has 2 heteroatoms. The van der Waals surface area contributed by atoms with Crippen LogP contribution in [0.25, 0.3) is 0 Å². The van der Waals surface area contributed by atoms with Crippen LogP contribution in [0.1, 0.15) is 218 Å². The molecule has 0 N–H and O–H groups in total. The molecular formula is C48H80N2. The highest BCUT2D eigenvalue weighted by molar-refractivity contribution is 6.43. The Balaban J connectivity index is 2.63. The van der Waals surface area contributed by atoms with E-state index in [0.29, 0.717) is 0 Å². The third-order valence-corrected chi connectivity index (χ3v) is 10.2. The van der Waals surface area contributed by atoms with Crippen LogP contribution in [0.3, 0.4) is 0 Å². The lowest BCUT2D eigenvalue weighted by Gasteiger charge is -2.14. The van der Waals surface area contributed by atoms with Crippen molar-refractivity contribution in [2.45, 2.75) is 221 Å². The molecule has 0 saturated carbocycles. The fourth-order valence-electron chi connectivity index (χ4n) is 7.14. The molecule has 0 fully saturated rings. The van der Waals surface area contributed by atoms with Crippen molar-refractivity contribution < 1.29 is 0 Å². The molecule has 282 valence electrons. The standard InChI is InChI=1S/C48H80N2/c1-7-13-19-21-22-28-34-48(50-46-39-43(31-25-17-11-5)36-44(40-46)32-26-18-12-6)47(33-27-20-14-8-2)49-45-37-41(29-23-15-9-3)35-42(38-45)30-24-16-10-4/h35-40H,7-34H2,1-6H3. The summed E-state index contributed by atoms with van der Waals surface area (Å²) in [5.41, 5.74) is 10.7. The van der Waals surface area contributed by atoms with E-state index in [1.807, 2.05) is 0 Å². The van der Waals surface area contributed by atoms with Gasteiger partial charge in [0.15, 0.2) is 0 Å². The maximum absolute atomic E-state index is 5.62. The molecule has 0 aromatic heterocycles. The Morgan fingerprint density at radius 3 is 0.900 bits per heavy atom. The van der Waals surface area contributed by atoms with Gasteiger partial charge in [0.05, 0.1) is 22.8 Å². The quantitative estimate of drug-likeness (QED) is 0.0558. The summed E-state index contributed by atoms with van der Waals surface area (Å²) in [6.45, 7) is 13.9. The third kappa shape index (κ3) is 20.0. The summed E-state index contributed by atoms with van der Waals surface area (Å²) < 4.78 is 0. The molecule has 0 amide bonds. The molecule has 2 aromatic rings. The zero-order valence-corrected chi connectivity index (χ0v) is 34.2. The Morgan fingerprint density at radius 1 is 0.320 bits per heavy atom. The first-order chi connectivity index (χ1) is 24.6. The van der Waals surface area contributed by atoms with Crippen LogP contribution < -0.4 is 0 Å². The van der Waals surface area contributed by atoms with E-state index in [9.17, 15) is 0 Å². The number of nitrogens with zero attached hydrogens (tertiary/aromatic N) is 2. The molecule has 50 heavy (non-hydrogen) atoms. The van der Waals surface area contributed by atoms with Crippen LogP contribution in [0.4, 0.5) is 11.4 Å². The van der Waals surface area contributed by atoms with E-state index in [2.05, 4.69) is 77.9 Å². The number of benzene rings is 2. The molecule has 2 rings (SSSR count). The zero-order valence-electron chi connectivity index (χ0n) is 34.2. The molecule has 0 unspecified atom stereocenters. The Bertz CT molecular complexity index is 1130. The van der Waals surface area contributed by atoms with Crippen molar-refractivity contribution in [3.63, 3.8) is 0 Å². The second kappa shape index (κ2) is 29.4. The highest BCUT2D eigenvalue weighted by atomic mass is 14.8. The van der Waals surface area contributed by atoms with Gasteiger partial charge in [-0.25, -0.2) is 0 Å². The van der Waals surface area contributed by atoms with Gasteiger partial charge in [-0.05, 0) is 124 Å². The molecule has 0 aliphatic carbocycles. The third-order valence-electron chi connectivity index (χ3n) is 10.2. The SMILES string of the molecule is CCCCCCCCC(=Nc1cc(CCCCC)cc(CCCCC)c1)C(CCCCCC)=Nc1cc(CCCCC)cc(CCCCC)c1. The smallest absolute Gasteiger partial charge is 0.0639 e. The van der Waals surface area contributed by atoms with E-state index in [0.717, 1.165) is 38.5 Å². The predicted octanol–water partition coefficient (Wildman–Crippen LogP) is 16.2. The van der Waals surface area contributed by atoms with E-state index in [1.165, 1.54) is 186 Å². The summed E-state index contributed by atoms with van der Waals surface area (Å²) in [5.74, 6) is 0. The lowest BCUT2D eigenvalue weighted by molar-refractivity contribution is 0.616. The van der Waals surface area contributed by atoms with Crippen LogP contribution in [0, 0.1) is 0 Å². The van der Waals surface area contributed by atoms with E-state index < -0.39 is 0 Å². The van der Waals surface area contributed by atoms with Crippen LogP contribution in [0.5, 0.6) is 0 Å². The van der Waals surface area contributed by atoms with Gasteiger partial charge in [-0.3, -0.25) is 9.98 Å². The van der Waals surface area contributed by atoms with Gasteiger partial charge in [0.2, 0.25) is 0 Å². The second-order valence-corrected chi connectivity index (χ2v) is 15.3. The number of aryl methyl sites for hydroxylation is 4. The van der Waals surface area contributed by atoms with Crippen molar-refractivity contribution >= 4 is 22.8 Å². The van der Waals surface area contributed by atoms with Crippen molar-refractivity contribution in [3.05, 3.63) is 58.7 Å². The van der Waals surface area contributed by atoms with E-state index in [1.54, 1.807) is 0 Å². The number of aliphatic imine (C=N–C) groups is 2. The average molecular weight is 685 g/mol. The van der Waals surface area contributed by atoms with Gasteiger partial charge in [-0.1, -0.05) is 156 Å². The molecule has 0 aliphatic rings. The van der Waals surface area contributed by atoms with Gasteiger partial charge in [-0.2, -0.15) is 0 Å². The van der Waals surface area contributed by atoms with Gasteiger partial charge in [0, 0.05) is 0 Å². The minimum Gasteiger partial charge on any atom is -0.252 e. The summed E-state index contributed by atoms with van der Waals surface area (Å²) in [7, 11) is 0. The second-order valence-electron chi connectivity index (χ2n) is 15.3. The van der Waals surface area contributed by atoms with Crippen molar-refractivity contribution in [2.75, 3.05) is 0 Å². The zero-order chi connectivity index (χ0) is 36.1. The molecule has 0 bridgehead atoms. The van der Waals surface area contributed by atoms with Crippen LogP contribution in [0.15, 0.2) is 46.4 Å². The van der Waals surface area contributed by atoms with Crippen LogP contribution in [0.2, 0.25) is 0 Å². The highest BCUT2D eigenvalue weighted by Gasteiger charge is 2.13. The summed E-state index contributed by atoms with van der Waals surface area (Å²) in [6, 6.07) is 14.6. The van der Waals surface area contributed by atoms with Crippen LogP contribution in [-0.4, -0.2) is 11.4 Å². The van der Waals surface area contributed by atoms with Gasteiger partial charge in [0.25, 0.3) is 0 Å². The normalized spacial score (nSPS) is 12.3. The fourth-order valence-corrected chi connectivity index (χ4v) is 7.14. The van der Waals surface area contributed by atoms with Gasteiger partial charge in [0.1, 0.15) is 0 Å². The number of rotatable bonds is 31. The first-order valence-electron chi connectivity index (χ1n) is 22.0. The lowest BCUT2D eigenvalue weighted by Crippen LogP contribution is -2.15. The van der Waals surface area contributed by atoms with Gasteiger partial charge >= 0.3 is 0 Å². The number of hydrogen-bond donors (Lipinski definition) is 0. The summed E-state index contributed by atoms with van der Waals surface area (Å²) in [4.78, 5) is 11.2. The van der Waals surface area contributed by atoms with Crippen LogP contribution >= 0.6 is 0 Å². The molecule has 0 radical (unpaired) electrons. The Labute approximate surface area is 311 Å². The minimum atomic E-state index is 1.03. The van der Waals surface area contributed by atoms with Crippen molar-refractivity contribution in [1.29, 1.82) is 0 Å². The first-order valence-corrected chi connectivity index (χ1v) is 22.0. The number of hydrogen-bond acceptors (Lipinski definition) is 2.